The SMILES string of the molecule is Cc1cccc(CN2C(=O)O[C@H](c3ccc(NC(=O)c4cccs4)cc3)[C@H]2C(=O)NCC2CC2)c1. The van der Waals surface area contributed by atoms with Gasteiger partial charge in [-0.3, -0.25) is 14.5 Å². The summed E-state index contributed by atoms with van der Waals surface area (Å²) in [5, 5.41) is 7.73. The van der Waals surface area contributed by atoms with Crippen molar-refractivity contribution in [3.63, 3.8) is 0 Å². The van der Waals surface area contributed by atoms with Crippen molar-refractivity contribution in [2.45, 2.75) is 38.5 Å². The minimum atomic E-state index is -0.784. The Balaban J connectivity index is 1.36. The molecular formula is C27H27N3O4S. The first-order valence-electron chi connectivity index (χ1n) is 11.7. The number of carbonyl (C=O) groups excluding carboxylic acids is 3. The average molecular weight is 490 g/mol. The largest absolute Gasteiger partial charge is 0.438 e. The third-order valence-corrected chi connectivity index (χ3v) is 7.16. The van der Waals surface area contributed by atoms with Crippen molar-refractivity contribution in [3.05, 3.63) is 87.6 Å². The molecule has 0 unspecified atom stereocenters. The molecule has 2 fully saturated rings. The Labute approximate surface area is 208 Å². The second kappa shape index (κ2) is 9.92. The zero-order chi connectivity index (χ0) is 24.4. The van der Waals surface area contributed by atoms with E-state index in [4.69, 9.17) is 4.74 Å². The molecule has 3 amide bonds. The first-order valence-corrected chi connectivity index (χ1v) is 12.6. The minimum Gasteiger partial charge on any atom is -0.438 e. The Morgan fingerprint density at radius 1 is 1.09 bits per heavy atom. The topological polar surface area (TPSA) is 87.7 Å². The van der Waals surface area contributed by atoms with Crippen LogP contribution in [0.4, 0.5) is 10.5 Å². The van der Waals surface area contributed by atoms with Gasteiger partial charge in [-0.2, -0.15) is 0 Å². The first-order chi connectivity index (χ1) is 17.0. The van der Waals surface area contributed by atoms with E-state index in [1.807, 2.05) is 42.6 Å². The van der Waals surface area contributed by atoms with Gasteiger partial charge in [0.2, 0.25) is 5.91 Å². The van der Waals surface area contributed by atoms with E-state index < -0.39 is 18.2 Å². The maximum absolute atomic E-state index is 13.3. The predicted molar refractivity (Wildman–Crippen MR) is 134 cm³/mol. The van der Waals surface area contributed by atoms with Crippen LogP contribution in [0.2, 0.25) is 0 Å². The Kier molecular flexibility index (Phi) is 6.55. The van der Waals surface area contributed by atoms with Crippen LogP contribution >= 0.6 is 11.3 Å². The molecular weight excluding hydrogens is 462 g/mol. The van der Waals surface area contributed by atoms with E-state index in [2.05, 4.69) is 10.6 Å². The normalized spacial score (nSPS) is 19.3. The van der Waals surface area contributed by atoms with E-state index in [1.54, 1.807) is 30.3 Å². The summed E-state index contributed by atoms with van der Waals surface area (Å²) >= 11 is 1.37. The molecule has 35 heavy (non-hydrogen) atoms. The van der Waals surface area contributed by atoms with E-state index in [-0.39, 0.29) is 18.4 Å². The summed E-state index contributed by atoms with van der Waals surface area (Å²) in [6, 6.07) is 17.8. The number of nitrogens with zero attached hydrogens (tertiary/aromatic N) is 1. The molecule has 3 aromatic rings. The molecule has 2 aromatic carbocycles. The zero-order valence-corrected chi connectivity index (χ0v) is 20.2. The quantitative estimate of drug-likeness (QED) is 0.471. The Hall–Kier alpha value is -3.65. The van der Waals surface area contributed by atoms with Gasteiger partial charge in [0.25, 0.3) is 5.91 Å². The van der Waals surface area contributed by atoms with Gasteiger partial charge in [-0.15, -0.1) is 11.3 Å². The molecule has 0 radical (unpaired) electrons. The lowest BCUT2D eigenvalue weighted by molar-refractivity contribution is -0.126. The lowest BCUT2D eigenvalue weighted by atomic mass is 10.00. The maximum atomic E-state index is 13.3. The number of benzene rings is 2. The molecule has 8 heteroatoms. The summed E-state index contributed by atoms with van der Waals surface area (Å²) < 4.78 is 5.74. The van der Waals surface area contributed by atoms with Crippen LogP contribution < -0.4 is 10.6 Å². The van der Waals surface area contributed by atoms with Crippen LogP contribution in [0, 0.1) is 12.8 Å². The smallest absolute Gasteiger partial charge is 0.411 e. The van der Waals surface area contributed by atoms with Crippen LogP contribution in [0.5, 0.6) is 0 Å². The molecule has 1 aliphatic heterocycles. The Morgan fingerprint density at radius 2 is 1.89 bits per heavy atom. The van der Waals surface area contributed by atoms with Crippen LogP contribution in [-0.4, -0.2) is 35.4 Å². The molecule has 2 aliphatic rings. The lowest BCUT2D eigenvalue weighted by Crippen LogP contribution is -2.46. The van der Waals surface area contributed by atoms with Gasteiger partial charge in [0.05, 0.1) is 11.4 Å². The summed E-state index contributed by atoms with van der Waals surface area (Å²) in [5.74, 6) is 0.129. The van der Waals surface area contributed by atoms with E-state index in [9.17, 15) is 14.4 Å². The van der Waals surface area contributed by atoms with Crippen molar-refractivity contribution >= 4 is 34.9 Å². The van der Waals surface area contributed by atoms with Crippen LogP contribution in [0.3, 0.4) is 0 Å². The summed E-state index contributed by atoms with van der Waals surface area (Å²) in [6.07, 6.45) is 0.983. The molecule has 2 atom stereocenters. The van der Waals surface area contributed by atoms with Gasteiger partial charge in [-0.1, -0.05) is 48.0 Å². The van der Waals surface area contributed by atoms with Gasteiger partial charge in [0.1, 0.15) is 0 Å². The molecule has 0 bridgehead atoms. The fourth-order valence-electron chi connectivity index (χ4n) is 4.25. The van der Waals surface area contributed by atoms with Gasteiger partial charge in [0.15, 0.2) is 12.1 Å². The highest BCUT2D eigenvalue weighted by Gasteiger charge is 2.47. The third-order valence-electron chi connectivity index (χ3n) is 6.29. The Morgan fingerprint density at radius 3 is 2.57 bits per heavy atom. The number of hydrogen-bond donors (Lipinski definition) is 2. The predicted octanol–water partition coefficient (Wildman–Crippen LogP) is 4.90. The molecule has 1 aliphatic carbocycles. The fraction of sp³-hybridized carbons (Fsp3) is 0.296. The molecule has 0 spiro atoms. The third kappa shape index (κ3) is 5.38. The highest BCUT2D eigenvalue weighted by molar-refractivity contribution is 7.12. The number of aryl methyl sites for hydroxylation is 1. The molecule has 7 nitrogen and oxygen atoms in total. The lowest BCUT2D eigenvalue weighted by Gasteiger charge is -2.24. The zero-order valence-electron chi connectivity index (χ0n) is 19.4. The van der Waals surface area contributed by atoms with Crippen molar-refractivity contribution in [1.29, 1.82) is 0 Å². The first kappa shape index (κ1) is 23.1. The van der Waals surface area contributed by atoms with Gasteiger partial charge >= 0.3 is 6.09 Å². The number of ether oxygens (including phenoxy) is 1. The van der Waals surface area contributed by atoms with E-state index in [0.717, 1.165) is 24.0 Å². The average Bonchev–Trinajstić information content (AvgIpc) is 3.39. The van der Waals surface area contributed by atoms with Crippen LogP contribution in [0.25, 0.3) is 0 Å². The van der Waals surface area contributed by atoms with Gasteiger partial charge in [-0.05, 0) is 60.4 Å². The molecule has 1 saturated heterocycles. The van der Waals surface area contributed by atoms with Crippen molar-refractivity contribution in [3.8, 4) is 0 Å². The molecule has 5 rings (SSSR count). The number of carbonyl (C=O) groups is 3. The van der Waals surface area contributed by atoms with Gasteiger partial charge in [0, 0.05) is 12.2 Å². The molecule has 2 N–H and O–H groups in total. The number of hydrogen-bond acceptors (Lipinski definition) is 5. The van der Waals surface area contributed by atoms with E-state index >= 15 is 0 Å². The summed E-state index contributed by atoms with van der Waals surface area (Å²) in [5.41, 5.74) is 3.35. The molecule has 1 saturated carbocycles. The number of anilines is 1. The highest BCUT2D eigenvalue weighted by Crippen LogP contribution is 2.35. The van der Waals surface area contributed by atoms with Crippen molar-refractivity contribution in [2.24, 2.45) is 5.92 Å². The minimum absolute atomic E-state index is 0.179. The molecule has 2 heterocycles. The van der Waals surface area contributed by atoms with E-state index in [0.29, 0.717) is 28.6 Å². The number of thiophene rings is 1. The summed E-state index contributed by atoms with van der Waals surface area (Å²) in [7, 11) is 0. The fourth-order valence-corrected chi connectivity index (χ4v) is 4.86. The highest BCUT2D eigenvalue weighted by atomic mass is 32.1. The monoisotopic (exact) mass is 489 g/mol. The summed E-state index contributed by atoms with van der Waals surface area (Å²) in [4.78, 5) is 40.7. The van der Waals surface area contributed by atoms with Crippen LogP contribution in [0.1, 0.15) is 45.3 Å². The van der Waals surface area contributed by atoms with Crippen molar-refractivity contribution in [1.82, 2.24) is 10.2 Å². The molecule has 1 aromatic heterocycles. The standard InChI is InChI=1S/C27H27N3O4S/c1-17-4-2-5-19(14-17)16-30-23(26(32)28-15-18-7-8-18)24(34-27(30)33)20-9-11-21(12-10-20)29-25(31)22-6-3-13-35-22/h2-6,9-14,18,23-24H,7-8,15-16H2,1H3,(H,28,32)(H,29,31)/t23-,24+/m0/s1. The number of nitrogens with one attached hydrogen (secondary N) is 2. The van der Waals surface area contributed by atoms with Gasteiger partial charge in [-0.25, -0.2) is 4.79 Å². The second-order valence-electron chi connectivity index (χ2n) is 9.11. The van der Waals surface area contributed by atoms with Gasteiger partial charge < -0.3 is 15.4 Å². The van der Waals surface area contributed by atoms with Crippen molar-refractivity contribution in [2.75, 3.05) is 11.9 Å². The van der Waals surface area contributed by atoms with Crippen molar-refractivity contribution < 1.29 is 19.1 Å². The van der Waals surface area contributed by atoms with Crippen LogP contribution in [0.15, 0.2) is 66.0 Å². The van der Waals surface area contributed by atoms with Crippen LogP contribution in [-0.2, 0) is 16.1 Å². The summed E-state index contributed by atoms with van der Waals surface area (Å²) in [6.45, 7) is 2.89. The number of rotatable bonds is 8. The second-order valence-corrected chi connectivity index (χ2v) is 10.1. The Bertz CT molecular complexity index is 1220. The number of amides is 3. The molecule has 180 valence electrons. The van der Waals surface area contributed by atoms with E-state index in [1.165, 1.54) is 16.2 Å². The maximum Gasteiger partial charge on any atom is 0.411 e. The number of cyclic esters (lactones) is 1.